The molecule has 0 spiro atoms. The average Bonchev–Trinajstić information content (AvgIpc) is 3.27. The van der Waals surface area contributed by atoms with E-state index in [1.165, 1.54) is 23.9 Å². The summed E-state index contributed by atoms with van der Waals surface area (Å²) in [6.07, 6.45) is 0.231. The van der Waals surface area contributed by atoms with Gasteiger partial charge in [-0.05, 0) is 29.8 Å². The van der Waals surface area contributed by atoms with Crippen LogP contribution in [-0.4, -0.2) is 74.4 Å². The zero-order valence-corrected chi connectivity index (χ0v) is 19.2. The van der Waals surface area contributed by atoms with E-state index in [2.05, 4.69) is 50.3 Å². The molecule has 10 heteroatoms. The SMILES string of the molecule is COc1cccc(F)c1N1NC2C(CC1=O)NNC2c1ccc(N2CCN(CCO)CC2)cc1. The fourth-order valence-corrected chi connectivity index (χ4v) is 5.07. The third kappa shape index (κ3) is 4.35. The number of fused-ring (bicyclic) bond motifs is 1. The Bertz CT molecular complexity index is 1010. The molecule has 0 bridgehead atoms. The van der Waals surface area contributed by atoms with Crippen LogP contribution in [0.2, 0.25) is 0 Å². The minimum Gasteiger partial charge on any atom is -0.494 e. The molecular weight excluding hydrogens is 439 g/mol. The predicted molar refractivity (Wildman–Crippen MR) is 127 cm³/mol. The van der Waals surface area contributed by atoms with Gasteiger partial charge in [-0.1, -0.05) is 18.2 Å². The number of β-amino-alcohol motifs (C(OH)–C–C–N with tert-alkyl or cyclic N) is 1. The van der Waals surface area contributed by atoms with Gasteiger partial charge in [-0.15, -0.1) is 0 Å². The van der Waals surface area contributed by atoms with Gasteiger partial charge in [0.15, 0.2) is 5.82 Å². The Balaban J connectivity index is 1.31. The maximum atomic E-state index is 14.7. The molecule has 3 atom stereocenters. The number of nitrogens with zero attached hydrogens (tertiary/aromatic N) is 3. The van der Waals surface area contributed by atoms with Gasteiger partial charge < -0.3 is 14.7 Å². The van der Waals surface area contributed by atoms with Gasteiger partial charge in [0.05, 0.1) is 25.8 Å². The van der Waals surface area contributed by atoms with Gasteiger partial charge >= 0.3 is 0 Å². The first-order valence-electron chi connectivity index (χ1n) is 11.7. The highest BCUT2D eigenvalue weighted by atomic mass is 19.1. The topological polar surface area (TPSA) is 92.3 Å². The number of para-hydroxylation sites is 1. The summed E-state index contributed by atoms with van der Waals surface area (Å²) in [7, 11) is 1.46. The molecule has 0 aromatic heterocycles. The van der Waals surface area contributed by atoms with Gasteiger partial charge in [-0.25, -0.2) is 20.3 Å². The molecule has 3 saturated heterocycles. The number of ether oxygens (including phenoxy) is 1. The Morgan fingerprint density at radius 3 is 2.56 bits per heavy atom. The van der Waals surface area contributed by atoms with Crippen molar-refractivity contribution in [2.45, 2.75) is 24.5 Å². The van der Waals surface area contributed by atoms with Crippen LogP contribution in [0, 0.1) is 5.82 Å². The molecule has 0 radical (unpaired) electrons. The van der Waals surface area contributed by atoms with E-state index in [9.17, 15) is 9.18 Å². The van der Waals surface area contributed by atoms with Crippen LogP contribution in [0.3, 0.4) is 0 Å². The lowest BCUT2D eigenvalue weighted by atomic mass is 9.93. The minimum absolute atomic E-state index is 0.103. The third-order valence-corrected chi connectivity index (χ3v) is 6.94. The van der Waals surface area contributed by atoms with E-state index < -0.39 is 5.82 Å². The van der Waals surface area contributed by atoms with Crippen molar-refractivity contribution in [3.05, 3.63) is 53.8 Å². The van der Waals surface area contributed by atoms with Crippen molar-refractivity contribution < 1.29 is 19.0 Å². The highest BCUT2D eigenvalue weighted by molar-refractivity contribution is 5.95. The summed E-state index contributed by atoms with van der Waals surface area (Å²) in [6, 6.07) is 12.6. The fraction of sp³-hybridized carbons (Fsp3) is 0.458. The number of hydrazine groups is 2. The molecule has 182 valence electrons. The largest absolute Gasteiger partial charge is 0.494 e. The number of piperazine rings is 1. The van der Waals surface area contributed by atoms with Crippen molar-refractivity contribution in [1.82, 2.24) is 21.2 Å². The van der Waals surface area contributed by atoms with Crippen molar-refractivity contribution in [3.8, 4) is 5.75 Å². The summed E-state index contributed by atoms with van der Waals surface area (Å²) in [6.45, 7) is 4.65. The number of carbonyl (C=O) groups excluding carboxylic acids is 1. The lowest BCUT2D eigenvalue weighted by Gasteiger charge is -2.37. The summed E-state index contributed by atoms with van der Waals surface area (Å²) in [4.78, 5) is 17.5. The zero-order valence-electron chi connectivity index (χ0n) is 19.2. The summed E-state index contributed by atoms with van der Waals surface area (Å²) < 4.78 is 20.0. The molecular formula is C24H31FN6O3. The summed E-state index contributed by atoms with van der Waals surface area (Å²) in [5, 5.41) is 10.4. The minimum atomic E-state index is -0.516. The van der Waals surface area contributed by atoms with Gasteiger partial charge in [-0.2, -0.15) is 0 Å². The standard InChI is InChI=1S/C24H31FN6O3/c1-34-20-4-2-3-18(25)24(20)31-21(33)15-19-23(28-31)22(27-26-19)16-5-7-17(8-6-16)30-11-9-29(10-12-30)13-14-32/h2-8,19,22-23,26-28,32H,9-15H2,1H3. The Kier molecular flexibility index (Phi) is 6.66. The Morgan fingerprint density at radius 2 is 1.85 bits per heavy atom. The number of hydrogen-bond donors (Lipinski definition) is 4. The number of anilines is 2. The maximum Gasteiger partial charge on any atom is 0.243 e. The van der Waals surface area contributed by atoms with Crippen LogP contribution >= 0.6 is 0 Å². The van der Waals surface area contributed by atoms with Crippen LogP contribution in [0.1, 0.15) is 18.0 Å². The first-order valence-corrected chi connectivity index (χ1v) is 11.7. The van der Waals surface area contributed by atoms with E-state index in [1.807, 2.05) is 0 Å². The van der Waals surface area contributed by atoms with Gasteiger partial charge in [0, 0.05) is 50.9 Å². The summed E-state index contributed by atoms with van der Waals surface area (Å²) in [5.74, 6) is -0.439. The number of benzene rings is 2. The van der Waals surface area contributed by atoms with Crippen LogP contribution in [-0.2, 0) is 4.79 Å². The number of methoxy groups -OCH3 is 1. The molecule has 2 aromatic carbocycles. The number of aliphatic hydroxyl groups is 1. The highest BCUT2D eigenvalue weighted by Crippen LogP contribution is 2.35. The van der Waals surface area contributed by atoms with E-state index >= 15 is 0 Å². The van der Waals surface area contributed by atoms with Crippen LogP contribution < -0.4 is 30.9 Å². The van der Waals surface area contributed by atoms with E-state index in [0.717, 1.165) is 38.3 Å². The normalized spacial score (nSPS) is 25.5. The monoisotopic (exact) mass is 470 g/mol. The molecule has 0 aliphatic carbocycles. The van der Waals surface area contributed by atoms with Gasteiger partial charge in [0.1, 0.15) is 11.4 Å². The molecule has 3 aliphatic heterocycles. The van der Waals surface area contributed by atoms with E-state index in [-0.39, 0.29) is 42.7 Å². The number of hydrogen-bond acceptors (Lipinski definition) is 8. The Labute approximate surface area is 198 Å². The van der Waals surface area contributed by atoms with Crippen molar-refractivity contribution in [1.29, 1.82) is 0 Å². The van der Waals surface area contributed by atoms with Crippen LogP contribution in [0.4, 0.5) is 15.8 Å². The van der Waals surface area contributed by atoms with Gasteiger partial charge in [0.2, 0.25) is 5.91 Å². The molecule has 9 nitrogen and oxygen atoms in total. The van der Waals surface area contributed by atoms with Crippen LogP contribution in [0.25, 0.3) is 0 Å². The second-order valence-corrected chi connectivity index (χ2v) is 8.90. The number of aliphatic hydroxyl groups excluding tert-OH is 1. The van der Waals surface area contributed by atoms with Crippen molar-refractivity contribution in [3.63, 3.8) is 0 Å². The average molecular weight is 471 g/mol. The zero-order chi connectivity index (χ0) is 23.7. The molecule has 3 aliphatic rings. The van der Waals surface area contributed by atoms with E-state index in [4.69, 9.17) is 9.84 Å². The van der Waals surface area contributed by atoms with Gasteiger partial charge in [0.25, 0.3) is 0 Å². The number of halogens is 1. The maximum absolute atomic E-state index is 14.7. The predicted octanol–water partition coefficient (Wildman–Crippen LogP) is 0.776. The molecule has 3 unspecified atom stereocenters. The molecule has 4 N–H and O–H groups in total. The third-order valence-electron chi connectivity index (χ3n) is 6.94. The first-order chi connectivity index (χ1) is 16.6. The second-order valence-electron chi connectivity index (χ2n) is 8.90. The van der Waals surface area contributed by atoms with Crippen LogP contribution in [0.15, 0.2) is 42.5 Å². The molecule has 34 heavy (non-hydrogen) atoms. The highest BCUT2D eigenvalue weighted by Gasteiger charge is 2.44. The first kappa shape index (κ1) is 23.0. The molecule has 1 amide bonds. The molecule has 2 aromatic rings. The number of amides is 1. The molecule has 0 saturated carbocycles. The lowest BCUT2D eigenvalue weighted by Crippen LogP contribution is -2.60. The van der Waals surface area contributed by atoms with E-state index in [0.29, 0.717) is 5.75 Å². The lowest BCUT2D eigenvalue weighted by molar-refractivity contribution is -0.121. The smallest absolute Gasteiger partial charge is 0.243 e. The molecule has 3 fully saturated rings. The second kappa shape index (κ2) is 9.85. The number of carbonyl (C=O) groups is 1. The molecule has 5 rings (SSSR count). The number of rotatable bonds is 6. The van der Waals surface area contributed by atoms with E-state index in [1.54, 1.807) is 12.1 Å². The van der Waals surface area contributed by atoms with Crippen molar-refractivity contribution in [2.24, 2.45) is 0 Å². The molecule has 3 heterocycles. The Hall–Kier alpha value is -2.76. The van der Waals surface area contributed by atoms with Crippen molar-refractivity contribution in [2.75, 3.05) is 56.3 Å². The Morgan fingerprint density at radius 1 is 1.09 bits per heavy atom. The quantitative estimate of drug-likeness (QED) is 0.492. The van der Waals surface area contributed by atoms with Crippen molar-refractivity contribution >= 4 is 17.3 Å². The summed E-state index contributed by atoms with van der Waals surface area (Å²) >= 11 is 0. The fourth-order valence-electron chi connectivity index (χ4n) is 5.07. The van der Waals surface area contributed by atoms with Crippen LogP contribution in [0.5, 0.6) is 5.75 Å². The number of nitrogens with one attached hydrogen (secondary N) is 3. The van der Waals surface area contributed by atoms with Gasteiger partial charge in [-0.3, -0.25) is 15.1 Å². The summed E-state index contributed by atoms with van der Waals surface area (Å²) in [5.41, 5.74) is 12.1.